The Bertz CT molecular complexity index is 994. The molecular formula is C19H25BN2O6S. The van der Waals surface area contributed by atoms with Crippen LogP contribution in [0.1, 0.15) is 27.7 Å². The smallest absolute Gasteiger partial charge is 0.495 e. The van der Waals surface area contributed by atoms with Gasteiger partial charge in [0.1, 0.15) is 10.6 Å². The van der Waals surface area contributed by atoms with Crippen LogP contribution in [0.3, 0.4) is 0 Å². The summed E-state index contributed by atoms with van der Waals surface area (Å²) in [6.07, 6.45) is 1.49. The molecule has 0 radical (unpaired) electrons. The molecule has 1 saturated heterocycles. The number of benzene rings is 1. The Hall–Kier alpha value is -2.30. The van der Waals surface area contributed by atoms with E-state index in [-0.39, 0.29) is 10.8 Å². The van der Waals surface area contributed by atoms with Crippen LogP contribution in [0.25, 0.3) is 0 Å². The van der Waals surface area contributed by atoms with Gasteiger partial charge in [0.15, 0.2) is 0 Å². The summed E-state index contributed by atoms with van der Waals surface area (Å²) in [5.74, 6) is 0.359. The van der Waals surface area contributed by atoms with Crippen molar-refractivity contribution in [2.24, 2.45) is 0 Å². The lowest BCUT2D eigenvalue weighted by molar-refractivity contribution is 0.00578. The molecule has 3 rings (SSSR count). The van der Waals surface area contributed by atoms with Crippen molar-refractivity contribution in [2.45, 2.75) is 43.8 Å². The number of para-hydroxylation sites is 2. The van der Waals surface area contributed by atoms with Crippen molar-refractivity contribution in [2.75, 3.05) is 18.9 Å². The Labute approximate surface area is 171 Å². The third kappa shape index (κ3) is 4.05. The Balaban J connectivity index is 1.99. The number of methoxy groups -OCH3 is 2. The van der Waals surface area contributed by atoms with Gasteiger partial charge in [0, 0.05) is 11.7 Å². The lowest BCUT2D eigenvalue weighted by Crippen LogP contribution is -2.41. The van der Waals surface area contributed by atoms with Crippen LogP contribution in [0.4, 0.5) is 5.69 Å². The van der Waals surface area contributed by atoms with E-state index in [0.29, 0.717) is 16.9 Å². The van der Waals surface area contributed by atoms with Gasteiger partial charge in [0.05, 0.1) is 31.1 Å². The summed E-state index contributed by atoms with van der Waals surface area (Å²) in [6, 6.07) is 8.17. The molecule has 0 bridgehead atoms. The van der Waals surface area contributed by atoms with Gasteiger partial charge < -0.3 is 18.8 Å². The minimum atomic E-state index is -4.03. The standard InChI is InChI=1S/C19H25BN2O6S/c1-18(2)19(3,4)28-20(27-18)13-11-16(17(26-6)21-12-13)29(23,24)22-14-9-7-8-10-15(14)25-5/h7-12,22H,1-6H3. The van der Waals surface area contributed by atoms with Crippen LogP contribution < -0.4 is 19.7 Å². The molecule has 2 heterocycles. The van der Waals surface area contributed by atoms with Gasteiger partial charge in [-0.2, -0.15) is 0 Å². The van der Waals surface area contributed by atoms with Crippen LogP contribution in [0.2, 0.25) is 0 Å². The zero-order chi connectivity index (χ0) is 21.4. The second kappa shape index (κ2) is 7.51. The number of hydrogen-bond acceptors (Lipinski definition) is 7. The SMILES string of the molecule is COc1ccccc1NS(=O)(=O)c1cc(B2OC(C)(C)C(C)(C)O2)cnc1OC. The molecule has 0 saturated carbocycles. The topological polar surface area (TPSA) is 96.0 Å². The largest absolute Gasteiger partial charge is 0.496 e. The van der Waals surface area contributed by atoms with E-state index in [9.17, 15) is 8.42 Å². The van der Waals surface area contributed by atoms with Crippen LogP contribution in [-0.2, 0) is 19.3 Å². The number of hydrogen-bond donors (Lipinski definition) is 1. The maximum atomic E-state index is 13.1. The first-order valence-corrected chi connectivity index (χ1v) is 10.5. The van der Waals surface area contributed by atoms with E-state index in [4.69, 9.17) is 18.8 Å². The summed E-state index contributed by atoms with van der Waals surface area (Å²) in [6.45, 7) is 7.69. The number of anilines is 1. The molecule has 156 valence electrons. The third-order valence-electron chi connectivity index (χ3n) is 5.20. The molecule has 1 aliphatic rings. The molecule has 1 fully saturated rings. The predicted octanol–water partition coefficient (Wildman–Crippen LogP) is 2.20. The van der Waals surface area contributed by atoms with E-state index in [1.165, 1.54) is 26.5 Å². The Morgan fingerprint density at radius 2 is 1.66 bits per heavy atom. The number of aromatic nitrogens is 1. The molecule has 0 spiro atoms. The fourth-order valence-electron chi connectivity index (χ4n) is 2.83. The fourth-order valence-corrected chi connectivity index (χ4v) is 4.05. The molecule has 1 aromatic carbocycles. The van der Waals surface area contributed by atoms with E-state index in [0.717, 1.165) is 0 Å². The first-order chi connectivity index (χ1) is 13.5. The van der Waals surface area contributed by atoms with Crippen LogP contribution in [0, 0.1) is 0 Å². The van der Waals surface area contributed by atoms with E-state index < -0.39 is 28.3 Å². The van der Waals surface area contributed by atoms with Gasteiger partial charge in [-0.15, -0.1) is 0 Å². The highest BCUT2D eigenvalue weighted by molar-refractivity contribution is 7.92. The van der Waals surface area contributed by atoms with Gasteiger partial charge in [0.25, 0.3) is 10.0 Å². The maximum Gasteiger partial charge on any atom is 0.496 e. The Kier molecular flexibility index (Phi) is 5.55. The van der Waals surface area contributed by atoms with Crippen molar-refractivity contribution < 1.29 is 27.2 Å². The molecular weight excluding hydrogens is 395 g/mol. The number of nitrogens with one attached hydrogen (secondary N) is 1. The van der Waals surface area contributed by atoms with Crippen LogP contribution in [-0.4, -0.2) is 45.9 Å². The molecule has 10 heteroatoms. The highest BCUT2D eigenvalue weighted by atomic mass is 32.2. The molecule has 2 aromatic rings. The summed E-state index contributed by atoms with van der Waals surface area (Å²) >= 11 is 0. The summed E-state index contributed by atoms with van der Waals surface area (Å²) in [5, 5.41) is 0. The Morgan fingerprint density at radius 1 is 1.03 bits per heavy atom. The monoisotopic (exact) mass is 420 g/mol. The van der Waals surface area contributed by atoms with Gasteiger partial charge in [-0.1, -0.05) is 12.1 Å². The zero-order valence-corrected chi connectivity index (χ0v) is 18.2. The van der Waals surface area contributed by atoms with Crippen LogP contribution in [0.5, 0.6) is 11.6 Å². The van der Waals surface area contributed by atoms with Crippen LogP contribution >= 0.6 is 0 Å². The van der Waals surface area contributed by atoms with E-state index in [2.05, 4.69) is 9.71 Å². The lowest BCUT2D eigenvalue weighted by Gasteiger charge is -2.32. The summed E-state index contributed by atoms with van der Waals surface area (Å²) in [7, 11) is -1.95. The zero-order valence-electron chi connectivity index (χ0n) is 17.3. The van der Waals surface area contributed by atoms with Crippen molar-refractivity contribution in [1.82, 2.24) is 4.98 Å². The minimum absolute atomic E-state index is 0.0346. The van der Waals surface area contributed by atoms with Gasteiger partial charge in [0.2, 0.25) is 5.88 Å². The van der Waals surface area contributed by atoms with Crippen molar-refractivity contribution in [1.29, 1.82) is 0 Å². The van der Waals surface area contributed by atoms with E-state index >= 15 is 0 Å². The molecule has 1 N–H and O–H groups in total. The third-order valence-corrected chi connectivity index (χ3v) is 6.56. The normalized spacial score (nSPS) is 17.8. The first kappa shape index (κ1) is 21.4. The predicted molar refractivity (Wildman–Crippen MR) is 110 cm³/mol. The molecule has 0 atom stereocenters. The Morgan fingerprint density at radius 3 is 2.24 bits per heavy atom. The highest BCUT2D eigenvalue weighted by Crippen LogP contribution is 2.37. The maximum absolute atomic E-state index is 13.1. The highest BCUT2D eigenvalue weighted by Gasteiger charge is 2.52. The number of pyridine rings is 1. The van der Waals surface area contributed by atoms with Gasteiger partial charge >= 0.3 is 7.12 Å². The van der Waals surface area contributed by atoms with Gasteiger partial charge in [-0.3, -0.25) is 4.72 Å². The van der Waals surface area contributed by atoms with E-state index in [1.807, 2.05) is 27.7 Å². The van der Waals surface area contributed by atoms with Crippen LogP contribution in [0.15, 0.2) is 41.4 Å². The molecule has 8 nitrogen and oxygen atoms in total. The van der Waals surface area contributed by atoms with Crippen molar-refractivity contribution in [3.8, 4) is 11.6 Å². The number of nitrogens with zero attached hydrogens (tertiary/aromatic N) is 1. The lowest BCUT2D eigenvalue weighted by atomic mass is 9.80. The fraction of sp³-hybridized carbons (Fsp3) is 0.421. The van der Waals surface area contributed by atoms with E-state index in [1.54, 1.807) is 24.3 Å². The minimum Gasteiger partial charge on any atom is -0.495 e. The molecule has 1 aliphatic heterocycles. The molecule has 0 unspecified atom stereocenters. The van der Waals surface area contributed by atoms with Crippen molar-refractivity contribution >= 4 is 28.3 Å². The summed E-state index contributed by atoms with van der Waals surface area (Å²) < 4.78 is 51.1. The molecule has 29 heavy (non-hydrogen) atoms. The van der Waals surface area contributed by atoms with Crippen molar-refractivity contribution in [3.05, 3.63) is 36.5 Å². The summed E-state index contributed by atoms with van der Waals surface area (Å²) in [5.41, 5.74) is -0.346. The number of rotatable bonds is 6. The van der Waals surface area contributed by atoms with Gasteiger partial charge in [-0.25, -0.2) is 13.4 Å². The van der Waals surface area contributed by atoms with Crippen molar-refractivity contribution in [3.63, 3.8) is 0 Å². The second-order valence-corrected chi connectivity index (χ2v) is 9.32. The first-order valence-electron chi connectivity index (χ1n) is 9.06. The second-order valence-electron chi connectivity index (χ2n) is 7.67. The molecule has 0 aliphatic carbocycles. The average Bonchev–Trinajstić information content (AvgIpc) is 2.88. The average molecular weight is 420 g/mol. The quantitative estimate of drug-likeness (QED) is 0.716. The van der Waals surface area contributed by atoms with Gasteiger partial charge in [-0.05, 0) is 45.9 Å². The summed E-state index contributed by atoms with van der Waals surface area (Å²) in [4.78, 5) is 4.03. The molecule has 0 amide bonds. The molecule has 1 aromatic heterocycles. The number of ether oxygens (including phenoxy) is 2. The number of sulfonamides is 1.